The molecule has 30 heavy (non-hydrogen) atoms. The SMILES string of the molecule is CCOC(=O)c1sc2nc(/C=C/c3ccc(-c4ccccc4F)o3)[nH]c(=O)c2c1C. The average molecular weight is 424 g/mol. The number of thiophene rings is 1. The highest BCUT2D eigenvalue weighted by atomic mass is 32.1. The molecule has 1 N–H and O–H groups in total. The molecule has 6 nitrogen and oxygen atoms in total. The van der Waals surface area contributed by atoms with Gasteiger partial charge in [-0.2, -0.15) is 0 Å². The van der Waals surface area contributed by atoms with E-state index in [-0.39, 0.29) is 18.0 Å². The zero-order valence-electron chi connectivity index (χ0n) is 16.2. The molecule has 0 unspecified atom stereocenters. The van der Waals surface area contributed by atoms with E-state index in [1.807, 2.05) is 0 Å². The third-order valence-corrected chi connectivity index (χ3v) is 5.62. The lowest BCUT2D eigenvalue weighted by Gasteiger charge is -1.98. The van der Waals surface area contributed by atoms with Crippen molar-refractivity contribution >= 4 is 39.7 Å². The predicted molar refractivity (Wildman–Crippen MR) is 114 cm³/mol. The minimum absolute atomic E-state index is 0.252. The van der Waals surface area contributed by atoms with Crippen LogP contribution in [-0.2, 0) is 4.74 Å². The highest BCUT2D eigenvalue weighted by Crippen LogP contribution is 2.28. The van der Waals surface area contributed by atoms with Crippen LogP contribution >= 0.6 is 11.3 Å². The van der Waals surface area contributed by atoms with E-state index in [0.717, 1.165) is 11.3 Å². The molecule has 0 saturated heterocycles. The number of rotatable bonds is 5. The molecular weight excluding hydrogens is 407 g/mol. The molecule has 0 aliphatic carbocycles. The molecule has 0 aliphatic heterocycles. The number of hydrogen-bond acceptors (Lipinski definition) is 6. The topological polar surface area (TPSA) is 85.2 Å². The first-order valence-electron chi connectivity index (χ1n) is 9.21. The van der Waals surface area contributed by atoms with E-state index >= 15 is 0 Å². The minimum Gasteiger partial charge on any atom is -0.462 e. The van der Waals surface area contributed by atoms with Gasteiger partial charge in [0.2, 0.25) is 0 Å². The van der Waals surface area contributed by atoms with Crippen molar-refractivity contribution in [1.29, 1.82) is 0 Å². The van der Waals surface area contributed by atoms with Gasteiger partial charge in [-0.15, -0.1) is 11.3 Å². The molecule has 0 fully saturated rings. The summed E-state index contributed by atoms with van der Waals surface area (Å²) in [5.74, 6) is 0.353. The first-order valence-corrected chi connectivity index (χ1v) is 10.0. The molecule has 0 bridgehead atoms. The number of H-pyrrole nitrogens is 1. The van der Waals surface area contributed by atoms with Gasteiger partial charge < -0.3 is 14.1 Å². The Kier molecular flexibility index (Phi) is 5.33. The van der Waals surface area contributed by atoms with E-state index in [1.54, 1.807) is 56.3 Å². The lowest BCUT2D eigenvalue weighted by atomic mass is 10.1. The number of nitrogens with zero attached hydrogens (tertiary/aromatic N) is 1. The van der Waals surface area contributed by atoms with Gasteiger partial charge in [-0.25, -0.2) is 14.2 Å². The van der Waals surface area contributed by atoms with Crippen LogP contribution in [0.4, 0.5) is 4.39 Å². The number of hydrogen-bond donors (Lipinski definition) is 1. The number of aromatic nitrogens is 2. The summed E-state index contributed by atoms with van der Waals surface area (Å²) in [6.07, 6.45) is 3.21. The Morgan fingerprint density at radius 2 is 2.07 bits per heavy atom. The van der Waals surface area contributed by atoms with Crippen molar-refractivity contribution in [2.75, 3.05) is 6.61 Å². The molecule has 3 aromatic heterocycles. The van der Waals surface area contributed by atoms with E-state index in [9.17, 15) is 14.0 Å². The van der Waals surface area contributed by atoms with Crippen LogP contribution < -0.4 is 5.56 Å². The molecule has 8 heteroatoms. The molecule has 0 radical (unpaired) electrons. The number of carbonyl (C=O) groups is 1. The van der Waals surface area contributed by atoms with Gasteiger partial charge in [-0.05, 0) is 55.8 Å². The van der Waals surface area contributed by atoms with Gasteiger partial charge in [0.05, 0.1) is 17.6 Å². The molecular formula is C22H17FN2O4S. The van der Waals surface area contributed by atoms with Crippen LogP contribution in [0.5, 0.6) is 0 Å². The summed E-state index contributed by atoms with van der Waals surface area (Å²) < 4.78 is 24.6. The van der Waals surface area contributed by atoms with Gasteiger partial charge in [0.1, 0.15) is 32.9 Å². The maximum atomic E-state index is 13.9. The van der Waals surface area contributed by atoms with Gasteiger partial charge in [0.15, 0.2) is 0 Å². The summed E-state index contributed by atoms with van der Waals surface area (Å²) in [5, 5.41) is 0.375. The number of aryl methyl sites for hydroxylation is 1. The van der Waals surface area contributed by atoms with Crippen LogP contribution in [0.1, 0.15) is 33.7 Å². The van der Waals surface area contributed by atoms with E-state index in [4.69, 9.17) is 9.15 Å². The van der Waals surface area contributed by atoms with Crippen molar-refractivity contribution in [1.82, 2.24) is 9.97 Å². The number of carbonyl (C=O) groups excluding carboxylic acids is 1. The molecule has 0 aliphatic rings. The lowest BCUT2D eigenvalue weighted by Crippen LogP contribution is -2.10. The van der Waals surface area contributed by atoms with Crippen LogP contribution in [0.2, 0.25) is 0 Å². The third-order valence-electron chi connectivity index (χ3n) is 4.45. The van der Waals surface area contributed by atoms with Crippen LogP contribution in [0, 0.1) is 12.7 Å². The number of fused-ring (bicyclic) bond motifs is 1. The standard InChI is InChI=1S/C22H17FN2O4S/c1-3-28-22(27)19-12(2)18-20(26)24-17(25-21(18)30-19)11-9-13-8-10-16(29-13)14-6-4-5-7-15(14)23/h4-11H,3H2,1-2H3,(H,24,25,26)/b11-9+. The maximum Gasteiger partial charge on any atom is 0.348 e. The Labute approximate surface area is 174 Å². The molecule has 0 amide bonds. The zero-order chi connectivity index (χ0) is 21.3. The van der Waals surface area contributed by atoms with E-state index in [0.29, 0.717) is 43.6 Å². The van der Waals surface area contributed by atoms with Gasteiger partial charge >= 0.3 is 5.97 Å². The van der Waals surface area contributed by atoms with Gasteiger partial charge in [0.25, 0.3) is 5.56 Å². The summed E-state index contributed by atoms with van der Waals surface area (Å²) >= 11 is 1.12. The molecule has 0 atom stereocenters. The molecule has 152 valence electrons. The van der Waals surface area contributed by atoms with Crippen molar-refractivity contribution in [2.45, 2.75) is 13.8 Å². The average Bonchev–Trinajstić information content (AvgIpc) is 3.32. The largest absolute Gasteiger partial charge is 0.462 e. The second kappa shape index (κ2) is 8.08. The normalized spacial score (nSPS) is 11.4. The number of furan rings is 1. The number of halogens is 1. The van der Waals surface area contributed by atoms with Crippen molar-refractivity contribution < 1.29 is 18.3 Å². The minimum atomic E-state index is -0.467. The molecule has 0 spiro atoms. The Bertz CT molecular complexity index is 1330. The Morgan fingerprint density at radius 3 is 2.83 bits per heavy atom. The predicted octanol–water partition coefficient (Wildman–Crippen LogP) is 5.04. The van der Waals surface area contributed by atoms with Crippen LogP contribution in [0.15, 0.2) is 45.6 Å². The second-order valence-electron chi connectivity index (χ2n) is 6.42. The van der Waals surface area contributed by atoms with Crippen LogP contribution in [0.25, 0.3) is 33.7 Å². The van der Waals surface area contributed by atoms with Gasteiger partial charge in [-0.1, -0.05) is 12.1 Å². The fraction of sp³-hybridized carbons (Fsp3) is 0.136. The summed E-state index contributed by atoms with van der Waals surface area (Å²) in [5.41, 5.74) is 0.583. The van der Waals surface area contributed by atoms with Crippen LogP contribution in [0.3, 0.4) is 0 Å². The van der Waals surface area contributed by atoms with Crippen molar-refractivity contribution in [2.24, 2.45) is 0 Å². The fourth-order valence-electron chi connectivity index (χ4n) is 3.04. The van der Waals surface area contributed by atoms with Crippen molar-refractivity contribution in [3.05, 3.63) is 74.6 Å². The number of esters is 1. The first kappa shape index (κ1) is 19.8. The number of ether oxygens (including phenoxy) is 1. The molecule has 4 aromatic rings. The fourth-order valence-corrected chi connectivity index (χ4v) is 4.12. The van der Waals surface area contributed by atoms with Gasteiger partial charge in [-0.3, -0.25) is 4.79 Å². The number of benzene rings is 1. The Morgan fingerprint density at radius 1 is 1.27 bits per heavy atom. The van der Waals surface area contributed by atoms with Crippen molar-refractivity contribution in [3.63, 3.8) is 0 Å². The molecule has 4 rings (SSSR count). The Balaban J connectivity index is 1.65. The smallest absolute Gasteiger partial charge is 0.348 e. The second-order valence-corrected chi connectivity index (χ2v) is 7.42. The van der Waals surface area contributed by atoms with Crippen LogP contribution in [-0.4, -0.2) is 22.5 Å². The van der Waals surface area contributed by atoms with Gasteiger partial charge in [0, 0.05) is 0 Å². The van der Waals surface area contributed by atoms with E-state index < -0.39 is 5.97 Å². The number of nitrogens with one attached hydrogen (secondary N) is 1. The molecule has 0 saturated carbocycles. The Hall–Kier alpha value is -3.52. The highest BCUT2D eigenvalue weighted by molar-refractivity contribution is 7.20. The van der Waals surface area contributed by atoms with E-state index in [2.05, 4.69) is 9.97 Å². The molecule has 1 aromatic carbocycles. The summed E-state index contributed by atoms with van der Waals surface area (Å²) in [6, 6.07) is 9.71. The third kappa shape index (κ3) is 3.69. The van der Waals surface area contributed by atoms with E-state index in [1.165, 1.54) is 6.07 Å². The van der Waals surface area contributed by atoms with Crippen molar-refractivity contribution in [3.8, 4) is 11.3 Å². The maximum absolute atomic E-state index is 13.9. The summed E-state index contributed by atoms with van der Waals surface area (Å²) in [6.45, 7) is 3.67. The summed E-state index contributed by atoms with van der Waals surface area (Å²) in [4.78, 5) is 32.5. The highest BCUT2D eigenvalue weighted by Gasteiger charge is 2.19. The zero-order valence-corrected chi connectivity index (χ0v) is 17.0. The summed E-state index contributed by atoms with van der Waals surface area (Å²) in [7, 11) is 0. The monoisotopic (exact) mass is 424 g/mol. The molecule has 3 heterocycles. The lowest BCUT2D eigenvalue weighted by molar-refractivity contribution is 0.0531. The quantitative estimate of drug-likeness (QED) is 0.454. The number of aromatic amines is 1. The first-order chi connectivity index (χ1) is 14.5.